The third-order valence-corrected chi connectivity index (χ3v) is 11.5. The average Bonchev–Trinajstić information content (AvgIpc) is 3.99. The molecule has 1 heterocycles. The van der Waals surface area contributed by atoms with Crippen LogP contribution < -0.4 is 20.1 Å². The second-order valence-corrected chi connectivity index (χ2v) is 16.7. The van der Waals surface area contributed by atoms with Gasteiger partial charge in [0.2, 0.25) is 21.8 Å². The number of rotatable bonds is 11. The van der Waals surface area contributed by atoms with Crippen LogP contribution in [-0.2, 0) is 37.4 Å². The SMILES string of the molecule is C.C=C[C@@H]1C[C@]1(NC(=O)[C@@H]1Cc2cc(Oc3cccc(Cl)c3)ccc2CN1C(=O)[C@@H](Nc1ccc(F)cc1)C(C)(C)C)C(=O)NS(=O)(=O)C1CC1. The number of hydrogen-bond acceptors (Lipinski definition) is 7. The number of ether oxygens (including phenoxy) is 1. The van der Waals surface area contributed by atoms with Crippen molar-refractivity contribution in [3.8, 4) is 11.5 Å². The van der Waals surface area contributed by atoms with Crippen LogP contribution in [0.25, 0.3) is 0 Å². The summed E-state index contributed by atoms with van der Waals surface area (Å²) in [6.45, 7) is 9.51. The maximum absolute atomic E-state index is 14.6. The van der Waals surface area contributed by atoms with Crippen LogP contribution in [0.5, 0.6) is 11.5 Å². The van der Waals surface area contributed by atoms with Gasteiger partial charge in [-0.15, -0.1) is 6.58 Å². The Morgan fingerprint density at radius 1 is 1.04 bits per heavy atom. The Morgan fingerprint density at radius 2 is 1.73 bits per heavy atom. The first kappa shape index (κ1) is 37.8. The van der Waals surface area contributed by atoms with Crippen LogP contribution in [0, 0.1) is 17.2 Å². The highest BCUT2D eigenvalue weighted by Crippen LogP contribution is 2.45. The lowest BCUT2D eigenvalue weighted by atomic mass is 9.84. The van der Waals surface area contributed by atoms with Crippen molar-refractivity contribution in [3.63, 3.8) is 0 Å². The summed E-state index contributed by atoms with van der Waals surface area (Å²) in [6, 6.07) is 16.1. The molecule has 3 amide bonds. The quantitative estimate of drug-likeness (QED) is 0.195. The molecule has 2 fully saturated rings. The van der Waals surface area contributed by atoms with Gasteiger partial charge in [-0.25, -0.2) is 12.8 Å². The highest BCUT2D eigenvalue weighted by atomic mass is 35.5. The van der Waals surface area contributed by atoms with Crippen molar-refractivity contribution in [2.45, 2.75) is 83.3 Å². The lowest BCUT2D eigenvalue weighted by Crippen LogP contribution is -2.61. The number of hydrogen-bond donors (Lipinski definition) is 3. The molecule has 1 aliphatic heterocycles. The van der Waals surface area contributed by atoms with E-state index in [1.165, 1.54) is 23.1 Å². The van der Waals surface area contributed by atoms with Gasteiger partial charge < -0.3 is 20.3 Å². The molecule has 13 heteroatoms. The summed E-state index contributed by atoms with van der Waals surface area (Å²) in [5.41, 5.74) is -0.0833. The Hall–Kier alpha value is -4.42. The molecule has 3 aliphatic rings. The molecule has 2 saturated carbocycles. The van der Waals surface area contributed by atoms with Gasteiger partial charge in [-0.2, -0.15) is 0 Å². The normalized spacial score (nSPS) is 21.6. The molecule has 0 spiro atoms. The molecule has 6 rings (SSSR count). The summed E-state index contributed by atoms with van der Waals surface area (Å²) in [5, 5.41) is 5.96. The first-order valence-electron chi connectivity index (χ1n) is 16.5. The third kappa shape index (κ3) is 8.23. The zero-order valence-corrected chi connectivity index (χ0v) is 29.6. The van der Waals surface area contributed by atoms with Gasteiger partial charge in [0.25, 0.3) is 5.91 Å². The Morgan fingerprint density at radius 3 is 2.33 bits per heavy atom. The van der Waals surface area contributed by atoms with Crippen molar-refractivity contribution in [3.05, 3.63) is 101 Å². The minimum Gasteiger partial charge on any atom is -0.457 e. The topological polar surface area (TPSA) is 134 Å². The fourth-order valence-corrected chi connectivity index (χ4v) is 7.85. The van der Waals surface area contributed by atoms with E-state index in [1.54, 1.807) is 42.5 Å². The molecule has 51 heavy (non-hydrogen) atoms. The zero-order valence-electron chi connectivity index (χ0n) is 28.0. The van der Waals surface area contributed by atoms with Crippen molar-refractivity contribution < 1.29 is 31.9 Å². The maximum atomic E-state index is 14.6. The largest absolute Gasteiger partial charge is 0.457 e. The summed E-state index contributed by atoms with van der Waals surface area (Å²) in [5.74, 6) is -1.69. The number of amides is 3. The van der Waals surface area contributed by atoms with E-state index in [2.05, 4.69) is 21.9 Å². The van der Waals surface area contributed by atoms with E-state index in [0.29, 0.717) is 35.1 Å². The molecule has 10 nitrogen and oxygen atoms in total. The molecular formula is C38H44ClFN4O6S. The molecule has 2 aliphatic carbocycles. The van der Waals surface area contributed by atoms with E-state index < -0.39 is 61.9 Å². The molecule has 0 radical (unpaired) electrons. The Labute approximate surface area is 303 Å². The Kier molecular flexibility index (Phi) is 10.6. The summed E-state index contributed by atoms with van der Waals surface area (Å²) < 4.78 is 47.3. The van der Waals surface area contributed by atoms with Gasteiger partial charge in [0.15, 0.2) is 0 Å². The summed E-state index contributed by atoms with van der Waals surface area (Å²) >= 11 is 6.14. The standard InChI is InChI=1S/C37H40ClFN4O6S.CH4/c1-5-24-20-37(24,35(46)42-50(47,48)30-15-16-30)41-33(44)31-18-23-17-29(49-28-8-6-7-25(38)19-28)14-9-22(23)21-43(31)34(45)32(36(2,3)4)40-27-12-10-26(39)11-13-27;/h5-14,17,19,24,30-32,40H,1,15-16,18,20-21H2,2-4H3,(H,41,44)(H,42,46);1H4/t24-,31+,32-,37-;/m1./s1. The molecule has 0 aromatic heterocycles. The molecule has 3 N–H and O–H groups in total. The first-order valence-corrected chi connectivity index (χ1v) is 18.4. The van der Waals surface area contributed by atoms with Crippen molar-refractivity contribution in [2.75, 3.05) is 5.32 Å². The van der Waals surface area contributed by atoms with Crippen molar-refractivity contribution in [1.82, 2.24) is 14.9 Å². The van der Waals surface area contributed by atoms with Crippen molar-refractivity contribution >= 4 is 45.0 Å². The second kappa shape index (κ2) is 14.3. The fourth-order valence-electron chi connectivity index (χ4n) is 6.30. The van der Waals surface area contributed by atoms with Crippen LogP contribution in [0.2, 0.25) is 5.02 Å². The van der Waals surface area contributed by atoms with Crippen LogP contribution in [0.4, 0.5) is 10.1 Å². The van der Waals surface area contributed by atoms with Crippen LogP contribution in [0.15, 0.2) is 79.4 Å². The predicted molar refractivity (Wildman–Crippen MR) is 195 cm³/mol. The number of carbonyl (C=O) groups is 3. The Balaban J connectivity index is 0.00000504. The number of benzene rings is 3. The molecule has 3 aromatic carbocycles. The summed E-state index contributed by atoms with van der Waals surface area (Å²) in [6.07, 6.45) is 2.71. The lowest BCUT2D eigenvalue weighted by Gasteiger charge is -2.41. The number of carbonyl (C=O) groups excluding carboxylic acids is 3. The van der Waals surface area contributed by atoms with Gasteiger partial charge in [0, 0.05) is 29.6 Å². The van der Waals surface area contributed by atoms with E-state index in [1.807, 2.05) is 32.9 Å². The zero-order chi connectivity index (χ0) is 36.0. The third-order valence-electron chi connectivity index (χ3n) is 9.44. The van der Waals surface area contributed by atoms with Gasteiger partial charge in [-0.3, -0.25) is 19.1 Å². The van der Waals surface area contributed by atoms with E-state index in [9.17, 15) is 27.2 Å². The number of anilines is 1. The minimum atomic E-state index is -3.88. The monoisotopic (exact) mass is 738 g/mol. The number of nitrogens with one attached hydrogen (secondary N) is 3. The van der Waals surface area contributed by atoms with Crippen LogP contribution >= 0.6 is 11.6 Å². The van der Waals surface area contributed by atoms with Crippen molar-refractivity contribution in [2.24, 2.45) is 11.3 Å². The number of halogens is 2. The van der Waals surface area contributed by atoms with Gasteiger partial charge in [0.1, 0.15) is 34.9 Å². The molecule has 0 unspecified atom stereocenters. The van der Waals surface area contributed by atoms with Crippen molar-refractivity contribution in [1.29, 1.82) is 0 Å². The van der Waals surface area contributed by atoms with Gasteiger partial charge in [-0.05, 0) is 90.4 Å². The Bertz CT molecular complexity index is 1950. The minimum absolute atomic E-state index is 0. The van der Waals surface area contributed by atoms with Crippen LogP contribution in [-0.4, -0.2) is 53.9 Å². The smallest absolute Gasteiger partial charge is 0.259 e. The first-order chi connectivity index (χ1) is 23.6. The number of fused-ring (bicyclic) bond motifs is 1. The summed E-state index contributed by atoms with van der Waals surface area (Å²) in [4.78, 5) is 43.9. The van der Waals surface area contributed by atoms with Gasteiger partial charge in [0.05, 0.1) is 5.25 Å². The highest BCUT2D eigenvalue weighted by molar-refractivity contribution is 7.91. The molecule has 0 bridgehead atoms. The highest BCUT2D eigenvalue weighted by Gasteiger charge is 2.61. The van der Waals surface area contributed by atoms with Gasteiger partial charge >= 0.3 is 0 Å². The van der Waals surface area contributed by atoms with E-state index in [0.717, 1.165) is 11.1 Å². The van der Waals surface area contributed by atoms with E-state index in [-0.39, 0.29) is 32.7 Å². The lowest BCUT2D eigenvalue weighted by molar-refractivity contribution is -0.145. The van der Waals surface area contributed by atoms with Crippen LogP contribution in [0.3, 0.4) is 0 Å². The number of nitrogens with zero attached hydrogens (tertiary/aromatic N) is 1. The molecule has 0 saturated heterocycles. The molecule has 272 valence electrons. The predicted octanol–water partition coefficient (Wildman–Crippen LogP) is 6.36. The van der Waals surface area contributed by atoms with Gasteiger partial charge in [-0.1, -0.05) is 58.0 Å². The average molecular weight is 739 g/mol. The second-order valence-electron chi connectivity index (χ2n) is 14.3. The van der Waals surface area contributed by atoms with Crippen LogP contribution in [0.1, 0.15) is 58.6 Å². The fraction of sp³-hybridized carbons (Fsp3) is 0.395. The molecular weight excluding hydrogens is 695 g/mol. The maximum Gasteiger partial charge on any atom is 0.259 e. The molecule has 3 aromatic rings. The number of sulfonamides is 1. The van der Waals surface area contributed by atoms with E-state index >= 15 is 0 Å². The van der Waals surface area contributed by atoms with E-state index in [4.69, 9.17) is 16.3 Å². The molecule has 4 atom stereocenters. The summed E-state index contributed by atoms with van der Waals surface area (Å²) in [7, 11) is -3.88.